The van der Waals surface area contributed by atoms with Crippen molar-refractivity contribution in [2.75, 3.05) is 12.3 Å². The van der Waals surface area contributed by atoms with Crippen LogP contribution < -0.4 is 5.32 Å². The normalized spacial score (nSPS) is 23.2. The maximum absolute atomic E-state index is 11.5. The highest BCUT2D eigenvalue weighted by atomic mass is 33.1. The van der Waals surface area contributed by atoms with Gasteiger partial charge in [0.15, 0.2) is 0 Å². The first kappa shape index (κ1) is 15.7. The van der Waals surface area contributed by atoms with Crippen LogP contribution in [-0.2, 0) is 19.2 Å². The van der Waals surface area contributed by atoms with Crippen molar-refractivity contribution >= 4 is 39.4 Å². The molecule has 6 nitrogen and oxygen atoms in total. The van der Waals surface area contributed by atoms with E-state index in [1.54, 1.807) is 21.6 Å². The van der Waals surface area contributed by atoms with Crippen LogP contribution in [0, 0.1) is 0 Å². The van der Waals surface area contributed by atoms with Gasteiger partial charge < -0.3 is 10.2 Å². The molecule has 2 aliphatic rings. The number of nitrogens with zero attached hydrogens (tertiary/aromatic N) is 1. The van der Waals surface area contributed by atoms with E-state index in [1.807, 2.05) is 0 Å². The maximum Gasteiger partial charge on any atom is 0.334 e. The fourth-order valence-electron chi connectivity index (χ4n) is 1.96. The van der Waals surface area contributed by atoms with Crippen LogP contribution in [0.5, 0.6) is 0 Å². The first-order valence-electron chi connectivity index (χ1n) is 6.75. The smallest absolute Gasteiger partial charge is 0.330 e. The molecular weight excluding hydrogens is 300 g/mol. The lowest BCUT2D eigenvalue weighted by Gasteiger charge is -2.22. The summed E-state index contributed by atoms with van der Waals surface area (Å²) >= 11 is 0. The molecule has 2 saturated heterocycles. The minimum atomic E-state index is -0.529. The van der Waals surface area contributed by atoms with Crippen LogP contribution in [0.15, 0.2) is 0 Å². The quantitative estimate of drug-likeness (QED) is 0.451. The highest BCUT2D eigenvalue weighted by molar-refractivity contribution is 8.76. The van der Waals surface area contributed by atoms with Gasteiger partial charge in [-0.2, -0.15) is 0 Å². The van der Waals surface area contributed by atoms with E-state index < -0.39 is 17.8 Å². The Morgan fingerprint density at radius 1 is 1.30 bits per heavy atom. The molecule has 2 rings (SSSR count). The third-order valence-electron chi connectivity index (χ3n) is 3.04. The number of hydrogen-bond acceptors (Lipinski definition) is 7. The fourth-order valence-corrected chi connectivity index (χ4v) is 4.45. The van der Waals surface area contributed by atoms with Gasteiger partial charge in [-0.15, -0.1) is 5.06 Å². The van der Waals surface area contributed by atoms with Gasteiger partial charge in [-0.1, -0.05) is 21.6 Å². The second kappa shape index (κ2) is 7.90. The van der Waals surface area contributed by atoms with Gasteiger partial charge in [-0.05, 0) is 25.8 Å². The van der Waals surface area contributed by atoms with Crippen LogP contribution in [0.2, 0.25) is 0 Å². The first-order valence-corrected chi connectivity index (χ1v) is 9.13. The molecule has 0 aromatic heterocycles. The standard InChI is InChI=1S/C12H18N2O4S2/c15-10-4-5-11(16)14(10)18-12(17)6-8-19-20-9-3-1-2-7-13-9/h9,13H,1-8H2. The summed E-state index contributed by atoms with van der Waals surface area (Å²) in [6.07, 6.45) is 4.08. The molecule has 112 valence electrons. The molecule has 0 spiro atoms. The number of carbonyl (C=O) groups is 3. The van der Waals surface area contributed by atoms with Crippen LogP contribution >= 0.6 is 21.6 Å². The predicted octanol–water partition coefficient (Wildman–Crippen LogP) is 1.46. The zero-order valence-corrected chi connectivity index (χ0v) is 12.8. The number of hydrogen-bond donors (Lipinski definition) is 1. The minimum absolute atomic E-state index is 0.129. The third-order valence-corrected chi connectivity index (χ3v) is 5.78. The lowest BCUT2D eigenvalue weighted by Crippen LogP contribution is -2.32. The van der Waals surface area contributed by atoms with E-state index in [9.17, 15) is 14.4 Å². The van der Waals surface area contributed by atoms with Gasteiger partial charge in [-0.25, -0.2) is 4.79 Å². The highest BCUT2D eigenvalue weighted by Crippen LogP contribution is 2.30. The Hall–Kier alpha value is -0.730. The number of imide groups is 1. The minimum Gasteiger partial charge on any atom is -0.330 e. The van der Waals surface area contributed by atoms with E-state index in [1.165, 1.54) is 12.8 Å². The first-order chi connectivity index (χ1) is 9.66. The van der Waals surface area contributed by atoms with Crippen molar-refractivity contribution < 1.29 is 19.2 Å². The maximum atomic E-state index is 11.5. The van der Waals surface area contributed by atoms with Crippen LogP contribution in [0.3, 0.4) is 0 Å². The summed E-state index contributed by atoms with van der Waals surface area (Å²) in [5.41, 5.74) is 0. The van der Waals surface area contributed by atoms with Crippen molar-refractivity contribution in [1.29, 1.82) is 0 Å². The van der Waals surface area contributed by atoms with E-state index in [0.717, 1.165) is 13.0 Å². The molecule has 1 atom stereocenters. The van der Waals surface area contributed by atoms with Crippen LogP contribution in [0.1, 0.15) is 38.5 Å². The molecule has 0 aromatic rings. The summed E-state index contributed by atoms with van der Waals surface area (Å²) in [4.78, 5) is 38.9. The largest absolute Gasteiger partial charge is 0.334 e. The van der Waals surface area contributed by atoms with Crippen LogP contribution in [0.4, 0.5) is 0 Å². The number of carbonyl (C=O) groups excluding carboxylic acids is 3. The second-order valence-electron chi connectivity index (χ2n) is 4.65. The molecule has 2 heterocycles. The number of nitrogens with one attached hydrogen (secondary N) is 1. The monoisotopic (exact) mass is 318 g/mol. The molecule has 1 unspecified atom stereocenters. The molecule has 0 bridgehead atoms. The number of rotatable bonds is 6. The Kier molecular flexibility index (Phi) is 6.18. The Balaban J connectivity index is 1.58. The van der Waals surface area contributed by atoms with E-state index in [-0.39, 0.29) is 19.3 Å². The van der Waals surface area contributed by atoms with E-state index in [4.69, 9.17) is 4.84 Å². The summed E-state index contributed by atoms with van der Waals surface area (Å²) in [6.45, 7) is 1.06. The Labute approximate surface area is 125 Å². The lowest BCUT2D eigenvalue weighted by molar-refractivity contribution is -0.197. The summed E-state index contributed by atoms with van der Waals surface area (Å²) < 4.78 is 0. The van der Waals surface area contributed by atoms with E-state index >= 15 is 0 Å². The summed E-state index contributed by atoms with van der Waals surface area (Å²) in [5, 5.41) is 4.46. The average Bonchev–Trinajstić information content (AvgIpc) is 2.77. The highest BCUT2D eigenvalue weighted by Gasteiger charge is 2.32. The molecule has 1 N–H and O–H groups in total. The van der Waals surface area contributed by atoms with Crippen LogP contribution in [-0.4, -0.2) is 40.5 Å². The van der Waals surface area contributed by atoms with Gasteiger partial charge in [0.2, 0.25) is 0 Å². The Morgan fingerprint density at radius 2 is 2.05 bits per heavy atom. The molecule has 2 amide bonds. The van der Waals surface area contributed by atoms with Crippen molar-refractivity contribution in [2.45, 2.75) is 43.9 Å². The summed E-state index contributed by atoms with van der Waals surface area (Å²) in [7, 11) is 3.35. The molecule has 0 radical (unpaired) electrons. The number of amides is 2. The molecule has 0 aromatic carbocycles. The fraction of sp³-hybridized carbons (Fsp3) is 0.750. The molecular formula is C12H18N2O4S2. The van der Waals surface area contributed by atoms with Crippen LogP contribution in [0.25, 0.3) is 0 Å². The molecule has 20 heavy (non-hydrogen) atoms. The van der Waals surface area contributed by atoms with Gasteiger partial charge in [0.1, 0.15) is 0 Å². The third kappa shape index (κ3) is 4.68. The van der Waals surface area contributed by atoms with Gasteiger partial charge in [0, 0.05) is 18.6 Å². The molecule has 2 aliphatic heterocycles. The average molecular weight is 318 g/mol. The predicted molar refractivity (Wildman–Crippen MR) is 77.5 cm³/mol. The van der Waals surface area contributed by atoms with Crippen molar-refractivity contribution in [3.8, 4) is 0 Å². The molecule has 8 heteroatoms. The van der Waals surface area contributed by atoms with Gasteiger partial charge in [0.25, 0.3) is 11.8 Å². The number of hydroxylamine groups is 2. The van der Waals surface area contributed by atoms with Crippen molar-refractivity contribution in [3.63, 3.8) is 0 Å². The van der Waals surface area contributed by atoms with Gasteiger partial charge in [-0.3, -0.25) is 9.59 Å². The number of piperidine rings is 1. The van der Waals surface area contributed by atoms with Crippen molar-refractivity contribution in [2.24, 2.45) is 0 Å². The van der Waals surface area contributed by atoms with Gasteiger partial charge in [0.05, 0.1) is 11.8 Å². The lowest BCUT2D eigenvalue weighted by atomic mass is 10.2. The summed E-state index contributed by atoms with van der Waals surface area (Å²) in [5.74, 6) is -0.787. The summed E-state index contributed by atoms with van der Waals surface area (Å²) in [6, 6.07) is 0. The SMILES string of the molecule is O=C(CCSSC1CCCCN1)ON1C(=O)CCC1=O. The zero-order valence-electron chi connectivity index (χ0n) is 11.1. The van der Waals surface area contributed by atoms with Crippen molar-refractivity contribution in [1.82, 2.24) is 10.4 Å². The van der Waals surface area contributed by atoms with E-state index in [2.05, 4.69) is 5.32 Å². The molecule has 0 saturated carbocycles. The molecule has 0 aliphatic carbocycles. The second-order valence-corrected chi connectivity index (χ2v) is 7.34. The topological polar surface area (TPSA) is 75.7 Å². The Bertz CT molecular complexity index is 370. The van der Waals surface area contributed by atoms with E-state index in [0.29, 0.717) is 16.2 Å². The zero-order chi connectivity index (χ0) is 14.4. The molecule has 2 fully saturated rings. The van der Waals surface area contributed by atoms with Gasteiger partial charge >= 0.3 is 5.97 Å². The Morgan fingerprint density at radius 3 is 2.70 bits per heavy atom. The van der Waals surface area contributed by atoms with Crippen molar-refractivity contribution in [3.05, 3.63) is 0 Å².